The largest absolute Gasteiger partial charge is 0.310 e. The van der Waals surface area contributed by atoms with Gasteiger partial charge in [-0.25, -0.2) is 0 Å². The predicted molar refractivity (Wildman–Crippen MR) is 243 cm³/mol. The topological polar surface area (TPSA) is 3.24 Å². The molecule has 10 aromatic carbocycles. The summed E-state index contributed by atoms with van der Waals surface area (Å²) in [6, 6.07) is 85.7. The van der Waals surface area contributed by atoms with Crippen molar-refractivity contribution in [3.63, 3.8) is 0 Å². The van der Waals surface area contributed by atoms with Gasteiger partial charge in [0.25, 0.3) is 0 Å². The van der Waals surface area contributed by atoms with Crippen LogP contribution in [0.15, 0.2) is 237 Å². The van der Waals surface area contributed by atoms with Crippen LogP contribution in [0.5, 0.6) is 0 Å². The van der Waals surface area contributed by atoms with Crippen LogP contribution in [-0.2, 0) is 0 Å². The fourth-order valence-electron chi connectivity index (χ4n) is 8.21. The van der Waals surface area contributed by atoms with Gasteiger partial charge >= 0.3 is 0 Å². The Bertz CT molecular complexity index is 2870. The average Bonchev–Trinajstić information content (AvgIpc) is 3.30. The van der Waals surface area contributed by atoms with Crippen molar-refractivity contribution in [2.75, 3.05) is 4.90 Å². The number of rotatable bonds is 8. The smallest absolute Gasteiger partial charge is 0.0468 e. The second kappa shape index (κ2) is 15.0. The molecular formula is C56H39N. The number of hydrogen-bond acceptors (Lipinski definition) is 1. The molecule has 0 N–H and O–H groups in total. The minimum Gasteiger partial charge on any atom is -0.310 e. The van der Waals surface area contributed by atoms with Gasteiger partial charge in [-0.1, -0.05) is 194 Å². The first-order valence-corrected chi connectivity index (χ1v) is 19.6. The Balaban J connectivity index is 1.17. The summed E-state index contributed by atoms with van der Waals surface area (Å²) in [4.78, 5) is 2.39. The summed E-state index contributed by atoms with van der Waals surface area (Å²) >= 11 is 0. The first-order valence-electron chi connectivity index (χ1n) is 19.6. The van der Waals surface area contributed by atoms with E-state index in [0.717, 1.165) is 17.1 Å². The molecule has 268 valence electrons. The molecule has 0 aliphatic rings. The van der Waals surface area contributed by atoms with E-state index in [1.54, 1.807) is 0 Å². The first-order chi connectivity index (χ1) is 28.3. The lowest BCUT2D eigenvalue weighted by atomic mass is 9.88. The SMILES string of the molecule is c1ccc(-c2ccc(-c3ccc(N(c4ccc(-c5ccccc5)cc4)c4ccc(-c5ccccc5)cc4)cc3-c3cc4ccccc4c4ccccc34)cc2)cc1. The van der Waals surface area contributed by atoms with E-state index in [1.807, 2.05) is 0 Å². The summed E-state index contributed by atoms with van der Waals surface area (Å²) in [5.41, 5.74) is 15.3. The summed E-state index contributed by atoms with van der Waals surface area (Å²) in [5, 5.41) is 4.99. The number of nitrogens with zero attached hydrogens (tertiary/aromatic N) is 1. The van der Waals surface area contributed by atoms with Crippen LogP contribution in [0, 0.1) is 0 Å². The van der Waals surface area contributed by atoms with Gasteiger partial charge in [-0.15, -0.1) is 0 Å². The van der Waals surface area contributed by atoms with E-state index in [4.69, 9.17) is 0 Å². The van der Waals surface area contributed by atoms with E-state index in [-0.39, 0.29) is 0 Å². The highest BCUT2D eigenvalue weighted by molar-refractivity contribution is 6.15. The highest BCUT2D eigenvalue weighted by atomic mass is 15.1. The van der Waals surface area contributed by atoms with E-state index >= 15 is 0 Å². The number of anilines is 3. The molecule has 0 radical (unpaired) electrons. The van der Waals surface area contributed by atoms with Gasteiger partial charge in [0.2, 0.25) is 0 Å². The first kappa shape index (κ1) is 34.0. The van der Waals surface area contributed by atoms with Crippen molar-refractivity contribution in [3.05, 3.63) is 237 Å². The van der Waals surface area contributed by atoms with Gasteiger partial charge < -0.3 is 4.90 Å². The van der Waals surface area contributed by atoms with Gasteiger partial charge in [-0.05, 0) is 120 Å². The molecule has 0 fully saturated rings. The maximum Gasteiger partial charge on any atom is 0.0468 e. The Hall–Kier alpha value is -7.48. The highest BCUT2D eigenvalue weighted by Gasteiger charge is 2.19. The summed E-state index contributed by atoms with van der Waals surface area (Å²) < 4.78 is 0. The summed E-state index contributed by atoms with van der Waals surface area (Å²) in [5.74, 6) is 0. The van der Waals surface area contributed by atoms with Crippen LogP contribution >= 0.6 is 0 Å². The van der Waals surface area contributed by atoms with Gasteiger partial charge in [-0.3, -0.25) is 0 Å². The molecule has 0 unspecified atom stereocenters. The number of fused-ring (bicyclic) bond motifs is 3. The van der Waals surface area contributed by atoms with E-state index in [2.05, 4.69) is 241 Å². The lowest BCUT2D eigenvalue weighted by molar-refractivity contribution is 1.28. The van der Waals surface area contributed by atoms with Crippen LogP contribution in [0.2, 0.25) is 0 Å². The van der Waals surface area contributed by atoms with E-state index in [0.29, 0.717) is 0 Å². The summed E-state index contributed by atoms with van der Waals surface area (Å²) in [7, 11) is 0. The lowest BCUT2D eigenvalue weighted by Gasteiger charge is -2.27. The number of hydrogen-bond donors (Lipinski definition) is 0. The molecule has 1 nitrogen and oxygen atoms in total. The molecule has 0 spiro atoms. The van der Waals surface area contributed by atoms with Gasteiger partial charge in [0.15, 0.2) is 0 Å². The van der Waals surface area contributed by atoms with Crippen LogP contribution in [0.1, 0.15) is 0 Å². The fourth-order valence-corrected chi connectivity index (χ4v) is 8.21. The second-order valence-corrected chi connectivity index (χ2v) is 14.5. The van der Waals surface area contributed by atoms with Crippen LogP contribution in [0.4, 0.5) is 17.1 Å². The Morgan fingerprint density at radius 1 is 0.211 bits per heavy atom. The normalized spacial score (nSPS) is 11.2. The summed E-state index contributed by atoms with van der Waals surface area (Å²) in [6.45, 7) is 0. The maximum absolute atomic E-state index is 2.40. The highest BCUT2D eigenvalue weighted by Crippen LogP contribution is 2.44. The van der Waals surface area contributed by atoms with E-state index in [1.165, 1.54) is 77.2 Å². The quantitative estimate of drug-likeness (QED) is 0.141. The van der Waals surface area contributed by atoms with Crippen LogP contribution < -0.4 is 4.90 Å². The summed E-state index contributed by atoms with van der Waals surface area (Å²) in [6.07, 6.45) is 0. The second-order valence-electron chi connectivity index (χ2n) is 14.5. The standard InChI is InChI=1S/C56H39N/c1-4-14-40(15-5-1)43-24-26-46(27-25-43)52-37-36-50(39-56(52)55-38-47-20-10-11-21-51(47)53-22-12-13-23-54(53)55)57(48-32-28-44(29-33-48)41-16-6-2-7-17-41)49-34-30-45(31-35-49)42-18-8-3-9-19-42/h1-39H. The van der Waals surface area contributed by atoms with Crippen molar-refractivity contribution in [3.8, 4) is 55.6 Å². The van der Waals surface area contributed by atoms with Crippen LogP contribution in [0.25, 0.3) is 77.2 Å². The molecule has 0 amide bonds. The molecule has 1 heteroatoms. The third-order valence-electron chi connectivity index (χ3n) is 11.1. The Kier molecular flexibility index (Phi) is 8.95. The molecule has 0 aliphatic carbocycles. The number of benzene rings is 10. The molecule has 0 aliphatic heterocycles. The Labute approximate surface area is 334 Å². The van der Waals surface area contributed by atoms with Gasteiger partial charge in [-0.2, -0.15) is 0 Å². The molecule has 0 saturated heterocycles. The van der Waals surface area contributed by atoms with E-state index in [9.17, 15) is 0 Å². The van der Waals surface area contributed by atoms with Crippen molar-refractivity contribution in [2.24, 2.45) is 0 Å². The van der Waals surface area contributed by atoms with Crippen LogP contribution in [0.3, 0.4) is 0 Å². The van der Waals surface area contributed by atoms with E-state index < -0.39 is 0 Å². The molecule has 10 rings (SSSR count). The minimum atomic E-state index is 1.09. The molecule has 0 bridgehead atoms. The Morgan fingerprint density at radius 3 is 1.12 bits per heavy atom. The molecule has 10 aromatic rings. The third kappa shape index (κ3) is 6.66. The van der Waals surface area contributed by atoms with Gasteiger partial charge in [0, 0.05) is 17.1 Å². The molecule has 0 aromatic heterocycles. The van der Waals surface area contributed by atoms with Crippen molar-refractivity contribution >= 4 is 38.6 Å². The Morgan fingerprint density at radius 2 is 0.596 bits per heavy atom. The molecule has 57 heavy (non-hydrogen) atoms. The zero-order chi connectivity index (χ0) is 38.0. The van der Waals surface area contributed by atoms with Crippen molar-refractivity contribution < 1.29 is 0 Å². The molecule has 0 heterocycles. The third-order valence-corrected chi connectivity index (χ3v) is 11.1. The molecule has 0 saturated carbocycles. The monoisotopic (exact) mass is 725 g/mol. The average molecular weight is 726 g/mol. The van der Waals surface area contributed by atoms with Crippen molar-refractivity contribution in [2.45, 2.75) is 0 Å². The van der Waals surface area contributed by atoms with Crippen LogP contribution in [-0.4, -0.2) is 0 Å². The zero-order valence-electron chi connectivity index (χ0n) is 31.5. The van der Waals surface area contributed by atoms with Gasteiger partial charge in [0.1, 0.15) is 0 Å². The maximum atomic E-state index is 2.40. The molecule has 0 atom stereocenters. The van der Waals surface area contributed by atoms with Crippen molar-refractivity contribution in [1.29, 1.82) is 0 Å². The fraction of sp³-hybridized carbons (Fsp3) is 0. The van der Waals surface area contributed by atoms with Crippen molar-refractivity contribution in [1.82, 2.24) is 0 Å². The minimum absolute atomic E-state index is 1.09. The predicted octanol–water partition coefficient (Wildman–Crippen LogP) is 15.8. The molecular weight excluding hydrogens is 687 g/mol. The lowest BCUT2D eigenvalue weighted by Crippen LogP contribution is -2.10. The van der Waals surface area contributed by atoms with Gasteiger partial charge in [0.05, 0.1) is 0 Å². The zero-order valence-corrected chi connectivity index (χ0v) is 31.5.